The van der Waals surface area contributed by atoms with Crippen LogP contribution in [-0.2, 0) is 0 Å². The van der Waals surface area contributed by atoms with E-state index in [1.807, 2.05) is 30.3 Å². The predicted molar refractivity (Wildman–Crippen MR) is 78.5 cm³/mol. The summed E-state index contributed by atoms with van der Waals surface area (Å²) in [5.41, 5.74) is 2.61. The Balaban J connectivity index is 2.04. The van der Waals surface area contributed by atoms with Gasteiger partial charge in [0.25, 0.3) is 5.91 Å². The second kappa shape index (κ2) is 5.39. The first-order valence-electron chi connectivity index (χ1n) is 6.76. The molecule has 1 heterocycles. The second-order valence-electron chi connectivity index (χ2n) is 5.07. The Hall–Kier alpha value is -2.64. The Labute approximate surface area is 122 Å². The number of nitriles is 1. The number of hydrogen-bond acceptors (Lipinski definition) is 3. The molecule has 1 aliphatic rings. The van der Waals surface area contributed by atoms with Crippen LogP contribution in [0.1, 0.15) is 15.9 Å². The first kappa shape index (κ1) is 13.3. The summed E-state index contributed by atoms with van der Waals surface area (Å²) >= 11 is 0. The molecule has 1 amide bonds. The molecule has 0 aromatic heterocycles. The van der Waals surface area contributed by atoms with Crippen molar-refractivity contribution in [2.45, 2.75) is 6.10 Å². The summed E-state index contributed by atoms with van der Waals surface area (Å²) < 4.78 is 0. The molecule has 0 bridgehead atoms. The maximum atomic E-state index is 12.5. The van der Waals surface area contributed by atoms with E-state index in [4.69, 9.17) is 0 Å². The van der Waals surface area contributed by atoms with Crippen LogP contribution in [0.2, 0.25) is 0 Å². The lowest BCUT2D eigenvalue weighted by molar-refractivity contribution is 0.00595. The third-order valence-corrected chi connectivity index (χ3v) is 3.64. The first-order chi connectivity index (χ1) is 10.2. The third-order valence-electron chi connectivity index (χ3n) is 3.64. The van der Waals surface area contributed by atoms with Crippen LogP contribution in [-0.4, -0.2) is 35.1 Å². The number of amides is 1. The van der Waals surface area contributed by atoms with Crippen LogP contribution in [0.3, 0.4) is 0 Å². The highest BCUT2D eigenvalue weighted by atomic mass is 16.3. The van der Waals surface area contributed by atoms with E-state index in [9.17, 15) is 15.2 Å². The van der Waals surface area contributed by atoms with Gasteiger partial charge in [0.1, 0.15) is 0 Å². The van der Waals surface area contributed by atoms with E-state index < -0.39 is 6.10 Å². The van der Waals surface area contributed by atoms with Crippen molar-refractivity contribution in [3.63, 3.8) is 0 Å². The molecule has 0 atom stereocenters. The largest absolute Gasteiger partial charge is 0.389 e. The Kier molecular flexibility index (Phi) is 3.43. The maximum Gasteiger partial charge on any atom is 0.254 e. The fraction of sp³-hybridized carbons (Fsp3) is 0.176. The van der Waals surface area contributed by atoms with E-state index in [2.05, 4.69) is 6.07 Å². The van der Waals surface area contributed by atoms with Crippen molar-refractivity contribution >= 4 is 5.91 Å². The number of nitrogens with zero attached hydrogens (tertiary/aromatic N) is 2. The van der Waals surface area contributed by atoms with Crippen LogP contribution in [0.25, 0.3) is 11.1 Å². The number of carbonyl (C=O) groups is 1. The highest BCUT2D eigenvalue weighted by molar-refractivity contribution is 6.01. The number of hydrogen-bond donors (Lipinski definition) is 1. The molecule has 1 N–H and O–H groups in total. The molecule has 104 valence electrons. The average Bonchev–Trinajstić information content (AvgIpc) is 2.51. The van der Waals surface area contributed by atoms with Gasteiger partial charge in [-0.15, -0.1) is 0 Å². The van der Waals surface area contributed by atoms with Gasteiger partial charge < -0.3 is 10.0 Å². The smallest absolute Gasteiger partial charge is 0.254 e. The topological polar surface area (TPSA) is 64.3 Å². The van der Waals surface area contributed by atoms with E-state index in [0.29, 0.717) is 24.2 Å². The number of likely N-dealkylation sites (tertiary alicyclic amines) is 1. The molecule has 1 fully saturated rings. The van der Waals surface area contributed by atoms with Crippen LogP contribution in [0.5, 0.6) is 0 Å². The molecule has 2 aromatic carbocycles. The summed E-state index contributed by atoms with van der Waals surface area (Å²) in [7, 11) is 0. The van der Waals surface area contributed by atoms with E-state index in [1.54, 1.807) is 23.1 Å². The summed E-state index contributed by atoms with van der Waals surface area (Å²) in [6.45, 7) is 0.736. The lowest BCUT2D eigenvalue weighted by Crippen LogP contribution is -2.53. The number of benzene rings is 2. The fourth-order valence-corrected chi connectivity index (χ4v) is 2.51. The predicted octanol–water partition coefficient (Wildman–Crippen LogP) is 2.04. The quantitative estimate of drug-likeness (QED) is 0.914. The minimum absolute atomic E-state index is 0.108. The highest BCUT2D eigenvalue weighted by Gasteiger charge is 2.30. The Morgan fingerprint density at radius 2 is 1.71 bits per heavy atom. The maximum absolute atomic E-state index is 12.5. The van der Waals surface area contributed by atoms with Gasteiger partial charge >= 0.3 is 0 Å². The van der Waals surface area contributed by atoms with Crippen molar-refractivity contribution in [1.29, 1.82) is 5.26 Å². The van der Waals surface area contributed by atoms with E-state index in [0.717, 1.165) is 11.1 Å². The highest BCUT2D eigenvalue weighted by Crippen LogP contribution is 2.28. The number of β-amino-alcohol motifs (C(OH)–C–C–N with tert-alkyl or cyclic N) is 1. The fourth-order valence-electron chi connectivity index (χ4n) is 2.51. The van der Waals surface area contributed by atoms with Crippen LogP contribution < -0.4 is 0 Å². The van der Waals surface area contributed by atoms with Gasteiger partial charge in [0, 0.05) is 24.2 Å². The van der Waals surface area contributed by atoms with Gasteiger partial charge in [-0.1, -0.05) is 36.4 Å². The molecule has 3 rings (SSSR count). The SMILES string of the molecule is N#Cc1ccccc1-c1ccccc1C(=O)N1CC(O)C1. The van der Waals surface area contributed by atoms with Crippen LogP contribution in [0, 0.1) is 11.3 Å². The van der Waals surface area contributed by atoms with Crippen molar-refractivity contribution in [3.8, 4) is 17.2 Å². The standard InChI is InChI=1S/C17H14N2O2/c18-9-12-5-1-2-6-14(12)15-7-3-4-8-16(15)17(21)19-10-13(20)11-19/h1-8,13,20H,10-11H2. The molecule has 0 radical (unpaired) electrons. The van der Waals surface area contributed by atoms with Gasteiger partial charge in [-0.25, -0.2) is 0 Å². The average molecular weight is 278 g/mol. The summed E-state index contributed by atoms with van der Waals surface area (Å²) in [4.78, 5) is 14.1. The third kappa shape index (κ3) is 2.39. The Bertz CT molecular complexity index is 728. The van der Waals surface area contributed by atoms with E-state index in [-0.39, 0.29) is 5.91 Å². The zero-order valence-corrected chi connectivity index (χ0v) is 11.4. The van der Waals surface area contributed by atoms with Crippen molar-refractivity contribution < 1.29 is 9.90 Å². The summed E-state index contributed by atoms with van der Waals surface area (Å²) in [5, 5.41) is 18.6. The molecule has 0 unspecified atom stereocenters. The molecule has 0 saturated carbocycles. The second-order valence-corrected chi connectivity index (χ2v) is 5.07. The van der Waals surface area contributed by atoms with Gasteiger partial charge in [-0.3, -0.25) is 4.79 Å². The number of carbonyl (C=O) groups excluding carboxylic acids is 1. The lowest BCUT2D eigenvalue weighted by Gasteiger charge is -2.36. The van der Waals surface area contributed by atoms with Gasteiger partial charge in [-0.05, 0) is 17.7 Å². The molecule has 0 aliphatic carbocycles. The van der Waals surface area contributed by atoms with Crippen LogP contribution >= 0.6 is 0 Å². The number of rotatable bonds is 2. The van der Waals surface area contributed by atoms with Crippen molar-refractivity contribution in [2.75, 3.05) is 13.1 Å². The summed E-state index contributed by atoms with van der Waals surface area (Å²) in [5.74, 6) is -0.108. The molecule has 4 nitrogen and oxygen atoms in total. The monoisotopic (exact) mass is 278 g/mol. The van der Waals surface area contributed by atoms with Gasteiger partial charge in [-0.2, -0.15) is 5.26 Å². The van der Waals surface area contributed by atoms with Gasteiger partial charge in [0.15, 0.2) is 0 Å². The minimum Gasteiger partial charge on any atom is -0.389 e. The van der Waals surface area contributed by atoms with Gasteiger partial charge in [0.05, 0.1) is 17.7 Å². The molecular weight excluding hydrogens is 264 g/mol. The summed E-state index contributed by atoms with van der Waals surface area (Å²) in [6.07, 6.45) is -0.424. The Morgan fingerprint density at radius 3 is 2.38 bits per heavy atom. The zero-order chi connectivity index (χ0) is 14.8. The zero-order valence-electron chi connectivity index (χ0n) is 11.4. The lowest BCUT2D eigenvalue weighted by atomic mass is 9.94. The van der Waals surface area contributed by atoms with Crippen molar-refractivity contribution in [3.05, 3.63) is 59.7 Å². The van der Waals surface area contributed by atoms with E-state index in [1.165, 1.54) is 0 Å². The first-order valence-corrected chi connectivity index (χ1v) is 6.76. The summed E-state index contributed by atoms with van der Waals surface area (Å²) in [6, 6.07) is 16.7. The van der Waals surface area contributed by atoms with Crippen molar-refractivity contribution in [1.82, 2.24) is 4.90 Å². The number of aliphatic hydroxyl groups excluding tert-OH is 1. The molecule has 0 spiro atoms. The van der Waals surface area contributed by atoms with Gasteiger partial charge in [0.2, 0.25) is 0 Å². The molecule has 2 aromatic rings. The minimum atomic E-state index is -0.424. The normalized spacial score (nSPS) is 14.4. The Morgan fingerprint density at radius 1 is 1.10 bits per heavy atom. The molecule has 1 saturated heterocycles. The molecule has 21 heavy (non-hydrogen) atoms. The number of aliphatic hydroxyl groups is 1. The molecule has 4 heteroatoms. The van der Waals surface area contributed by atoms with E-state index >= 15 is 0 Å². The van der Waals surface area contributed by atoms with Crippen molar-refractivity contribution in [2.24, 2.45) is 0 Å². The molecule has 1 aliphatic heterocycles. The van der Waals surface area contributed by atoms with Crippen LogP contribution in [0.4, 0.5) is 0 Å². The molecular formula is C17H14N2O2. The van der Waals surface area contributed by atoms with Crippen LogP contribution in [0.15, 0.2) is 48.5 Å².